The normalized spacial score (nSPS) is 13.4. The first-order chi connectivity index (χ1) is 12.7. The van der Waals surface area contributed by atoms with E-state index in [-0.39, 0.29) is 18.2 Å². The lowest BCUT2D eigenvalue weighted by Crippen LogP contribution is -2.41. The molecule has 1 aliphatic carbocycles. The van der Waals surface area contributed by atoms with Crippen molar-refractivity contribution in [1.29, 1.82) is 0 Å². The number of ether oxygens (including phenoxy) is 1. The largest absolute Gasteiger partial charge is 0.496 e. The molecular weight excluding hydrogens is 348 g/mol. The van der Waals surface area contributed by atoms with Crippen LogP contribution in [0.5, 0.6) is 5.75 Å². The highest BCUT2D eigenvalue weighted by Crippen LogP contribution is 2.28. The Morgan fingerprint density at radius 3 is 2.77 bits per heavy atom. The van der Waals surface area contributed by atoms with Crippen molar-refractivity contribution in [1.82, 2.24) is 10.9 Å². The SMILES string of the molecule is COc1ccccc1CCC(=O)NNC(=O)c1cc2c(s1)CCCCC2. The summed E-state index contributed by atoms with van der Waals surface area (Å²) in [4.78, 5) is 26.3. The van der Waals surface area contributed by atoms with Crippen LogP contribution in [0.15, 0.2) is 30.3 Å². The zero-order valence-electron chi connectivity index (χ0n) is 15.0. The molecule has 138 valence electrons. The third kappa shape index (κ3) is 4.64. The number of rotatable bonds is 5. The van der Waals surface area contributed by atoms with E-state index >= 15 is 0 Å². The maximum Gasteiger partial charge on any atom is 0.279 e. The first-order valence-electron chi connectivity index (χ1n) is 9.00. The number of carbonyl (C=O) groups excluding carboxylic acids is 2. The number of amides is 2. The molecule has 5 nitrogen and oxygen atoms in total. The fourth-order valence-electron chi connectivity index (χ4n) is 3.19. The van der Waals surface area contributed by atoms with Crippen molar-refractivity contribution in [2.75, 3.05) is 7.11 Å². The Hall–Kier alpha value is -2.34. The maximum atomic E-state index is 12.3. The Morgan fingerprint density at radius 2 is 1.92 bits per heavy atom. The van der Waals surface area contributed by atoms with Crippen LogP contribution in [0.2, 0.25) is 0 Å². The number of para-hydroxylation sites is 1. The number of hydrazine groups is 1. The van der Waals surface area contributed by atoms with Crippen LogP contribution in [0.1, 0.15) is 51.4 Å². The van der Waals surface area contributed by atoms with E-state index in [2.05, 4.69) is 10.9 Å². The summed E-state index contributed by atoms with van der Waals surface area (Å²) >= 11 is 1.54. The van der Waals surface area contributed by atoms with Gasteiger partial charge in [-0.05, 0) is 55.4 Å². The van der Waals surface area contributed by atoms with Gasteiger partial charge in [-0.2, -0.15) is 0 Å². The van der Waals surface area contributed by atoms with Crippen molar-refractivity contribution in [2.24, 2.45) is 0 Å². The van der Waals surface area contributed by atoms with Crippen molar-refractivity contribution < 1.29 is 14.3 Å². The van der Waals surface area contributed by atoms with Crippen LogP contribution in [0, 0.1) is 0 Å². The summed E-state index contributed by atoms with van der Waals surface area (Å²) in [6, 6.07) is 9.59. The fourth-order valence-corrected chi connectivity index (χ4v) is 4.34. The van der Waals surface area contributed by atoms with Gasteiger partial charge in [0.1, 0.15) is 5.75 Å². The van der Waals surface area contributed by atoms with Gasteiger partial charge in [-0.3, -0.25) is 20.4 Å². The number of hydrogen-bond acceptors (Lipinski definition) is 4. The number of aryl methyl sites for hydroxylation is 3. The molecular formula is C20H24N2O3S. The second-order valence-corrected chi connectivity index (χ2v) is 7.57. The number of benzene rings is 1. The molecule has 1 aliphatic rings. The number of carbonyl (C=O) groups is 2. The smallest absolute Gasteiger partial charge is 0.279 e. The number of fused-ring (bicyclic) bond motifs is 1. The van der Waals surface area contributed by atoms with Gasteiger partial charge < -0.3 is 4.74 Å². The minimum atomic E-state index is -0.242. The van der Waals surface area contributed by atoms with E-state index < -0.39 is 0 Å². The van der Waals surface area contributed by atoms with E-state index in [4.69, 9.17) is 4.74 Å². The van der Waals surface area contributed by atoms with Gasteiger partial charge >= 0.3 is 0 Å². The number of thiophene rings is 1. The van der Waals surface area contributed by atoms with Gasteiger partial charge in [0.05, 0.1) is 12.0 Å². The van der Waals surface area contributed by atoms with Crippen LogP contribution < -0.4 is 15.6 Å². The Balaban J connectivity index is 1.49. The van der Waals surface area contributed by atoms with Crippen molar-refractivity contribution in [3.63, 3.8) is 0 Å². The van der Waals surface area contributed by atoms with Crippen LogP contribution in [-0.2, 0) is 24.1 Å². The number of hydrogen-bond donors (Lipinski definition) is 2. The second kappa shape index (κ2) is 8.85. The van der Waals surface area contributed by atoms with Gasteiger partial charge in [0.2, 0.25) is 5.91 Å². The standard InChI is InChI=1S/C20H24N2O3S/c1-25-16-9-6-5-7-14(16)11-12-19(23)21-22-20(24)18-13-15-8-3-2-4-10-17(15)26-18/h5-7,9,13H,2-4,8,10-12H2,1H3,(H,21,23)(H,22,24). The second-order valence-electron chi connectivity index (χ2n) is 6.43. The highest BCUT2D eigenvalue weighted by Gasteiger charge is 2.17. The molecule has 0 aliphatic heterocycles. The molecule has 1 aromatic heterocycles. The lowest BCUT2D eigenvalue weighted by molar-refractivity contribution is -0.121. The van der Waals surface area contributed by atoms with E-state index in [0.717, 1.165) is 24.2 Å². The summed E-state index contributed by atoms with van der Waals surface area (Å²) in [5.74, 6) is 0.306. The monoisotopic (exact) mass is 372 g/mol. The zero-order chi connectivity index (χ0) is 18.4. The summed E-state index contributed by atoms with van der Waals surface area (Å²) in [5, 5.41) is 0. The molecule has 1 aromatic carbocycles. The average molecular weight is 372 g/mol. The van der Waals surface area contributed by atoms with Crippen molar-refractivity contribution in [3.8, 4) is 5.75 Å². The van der Waals surface area contributed by atoms with Gasteiger partial charge in [0.25, 0.3) is 5.91 Å². The van der Waals surface area contributed by atoms with Crippen LogP contribution in [0.4, 0.5) is 0 Å². The Labute approximate surface area is 157 Å². The summed E-state index contributed by atoms with van der Waals surface area (Å²) in [5.41, 5.74) is 7.30. The predicted molar refractivity (Wildman–Crippen MR) is 103 cm³/mol. The Kier molecular flexibility index (Phi) is 6.28. The molecule has 0 radical (unpaired) electrons. The van der Waals surface area contributed by atoms with Gasteiger partial charge in [-0.25, -0.2) is 0 Å². The first kappa shape index (κ1) is 18.5. The summed E-state index contributed by atoms with van der Waals surface area (Å²) in [6.07, 6.45) is 6.56. The van der Waals surface area contributed by atoms with E-state index in [1.807, 2.05) is 30.3 Å². The molecule has 0 spiro atoms. The summed E-state index contributed by atoms with van der Waals surface area (Å²) in [7, 11) is 1.61. The molecule has 1 heterocycles. The maximum absolute atomic E-state index is 12.3. The van der Waals surface area contributed by atoms with Crippen molar-refractivity contribution in [2.45, 2.75) is 44.9 Å². The number of methoxy groups -OCH3 is 1. The molecule has 6 heteroatoms. The quantitative estimate of drug-likeness (QED) is 0.624. The van der Waals surface area contributed by atoms with Gasteiger partial charge in [0.15, 0.2) is 0 Å². The van der Waals surface area contributed by atoms with Gasteiger partial charge in [-0.15, -0.1) is 11.3 Å². The molecule has 0 bridgehead atoms. The highest BCUT2D eigenvalue weighted by molar-refractivity contribution is 7.14. The molecule has 2 aromatic rings. The predicted octanol–water partition coefficient (Wildman–Crippen LogP) is 3.42. The molecule has 0 saturated carbocycles. The molecule has 3 rings (SSSR count). The molecule has 0 saturated heterocycles. The van der Waals surface area contributed by atoms with E-state index in [0.29, 0.717) is 11.3 Å². The van der Waals surface area contributed by atoms with E-state index in [9.17, 15) is 9.59 Å². The van der Waals surface area contributed by atoms with Crippen molar-refractivity contribution >= 4 is 23.2 Å². The lowest BCUT2D eigenvalue weighted by Gasteiger charge is -2.09. The topological polar surface area (TPSA) is 67.4 Å². The third-order valence-corrected chi connectivity index (χ3v) is 5.84. The molecule has 0 unspecified atom stereocenters. The van der Waals surface area contributed by atoms with Crippen LogP contribution >= 0.6 is 11.3 Å². The molecule has 0 atom stereocenters. The van der Waals surface area contributed by atoms with Crippen LogP contribution in [-0.4, -0.2) is 18.9 Å². The average Bonchev–Trinajstić information content (AvgIpc) is 2.95. The minimum absolute atomic E-state index is 0.220. The van der Waals surface area contributed by atoms with Crippen LogP contribution in [0.3, 0.4) is 0 Å². The Bertz CT molecular complexity index is 762. The van der Waals surface area contributed by atoms with Gasteiger partial charge in [-0.1, -0.05) is 24.6 Å². The molecule has 2 amide bonds. The summed E-state index contributed by atoms with van der Waals surface area (Å²) in [6.45, 7) is 0. The number of nitrogens with one attached hydrogen (secondary N) is 2. The highest BCUT2D eigenvalue weighted by atomic mass is 32.1. The lowest BCUT2D eigenvalue weighted by atomic mass is 10.1. The molecule has 0 fully saturated rings. The third-order valence-electron chi connectivity index (χ3n) is 4.60. The fraction of sp³-hybridized carbons (Fsp3) is 0.400. The van der Waals surface area contributed by atoms with E-state index in [1.54, 1.807) is 18.4 Å². The zero-order valence-corrected chi connectivity index (χ0v) is 15.8. The van der Waals surface area contributed by atoms with E-state index in [1.165, 1.54) is 29.7 Å². The van der Waals surface area contributed by atoms with Crippen LogP contribution in [0.25, 0.3) is 0 Å². The molecule has 26 heavy (non-hydrogen) atoms. The van der Waals surface area contributed by atoms with Gasteiger partial charge in [0, 0.05) is 11.3 Å². The Morgan fingerprint density at radius 1 is 1.12 bits per heavy atom. The first-order valence-corrected chi connectivity index (χ1v) is 9.81. The molecule has 2 N–H and O–H groups in total. The summed E-state index contributed by atoms with van der Waals surface area (Å²) < 4.78 is 5.28. The minimum Gasteiger partial charge on any atom is -0.496 e. The van der Waals surface area contributed by atoms with Crippen molar-refractivity contribution in [3.05, 3.63) is 51.2 Å².